The number of aromatic nitrogens is 3. The van der Waals surface area contributed by atoms with Crippen molar-refractivity contribution in [3.05, 3.63) is 42.7 Å². The van der Waals surface area contributed by atoms with Crippen molar-refractivity contribution >= 4 is 17.0 Å². The molecule has 3 rings (SSSR count). The molecule has 0 spiro atoms. The van der Waals surface area contributed by atoms with Crippen LogP contribution in [-0.2, 0) is 0 Å². The summed E-state index contributed by atoms with van der Waals surface area (Å²) < 4.78 is 5.81. The number of H-pyrrole nitrogens is 1. The Balaban J connectivity index is 1.75. The van der Waals surface area contributed by atoms with Crippen LogP contribution in [0.4, 0.5) is 5.69 Å². The Morgan fingerprint density at radius 2 is 2.19 bits per heavy atom. The molecule has 1 aromatic carbocycles. The Kier molecular flexibility index (Phi) is 3.87. The van der Waals surface area contributed by atoms with Gasteiger partial charge in [0.15, 0.2) is 0 Å². The second-order valence-corrected chi connectivity index (χ2v) is 5.88. The number of nitrogens with zero attached hydrogens (tertiary/aromatic N) is 2. The van der Waals surface area contributed by atoms with Crippen LogP contribution in [-0.4, -0.2) is 21.2 Å². The van der Waals surface area contributed by atoms with Crippen molar-refractivity contribution in [1.82, 2.24) is 15.2 Å². The van der Waals surface area contributed by atoms with Crippen molar-refractivity contribution in [2.45, 2.75) is 19.9 Å². The fraction of sp³-hybridized carbons (Fsp3) is 0.200. The number of nitrogens with one attached hydrogen (secondary N) is 2. The molecule has 0 unspecified atom stereocenters. The first-order valence-electron chi connectivity index (χ1n) is 6.71. The average Bonchev–Trinajstić information content (AvgIpc) is 3.08. The highest BCUT2D eigenvalue weighted by Gasteiger charge is 2.08. The molecule has 2 heterocycles. The summed E-state index contributed by atoms with van der Waals surface area (Å²) in [7, 11) is 0. The number of anilines is 1. The van der Waals surface area contributed by atoms with Crippen molar-refractivity contribution in [3.63, 3.8) is 0 Å². The first kappa shape index (κ1) is 13.6. The van der Waals surface area contributed by atoms with Crippen molar-refractivity contribution in [1.29, 1.82) is 0 Å². The Hall–Kier alpha value is -2.34. The fourth-order valence-electron chi connectivity index (χ4n) is 1.91. The van der Waals surface area contributed by atoms with E-state index in [1.54, 1.807) is 12.4 Å². The van der Waals surface area contributed by atoms with Gasteiger partial charge in [-0.05, 0) is 32.0 Å². The summed E-state index contributed by atoms with van der Waals surface area (Å²) in [5.74, 6) is 0.770. The molecule has 0 aliphatic rings. The van der Waals surface area contributed by atoms with Crippen LogP contribution in [0.5, 0.6) is 10.9 Å². The molecule has 2 N–H and O–H groups in total. The molecule has 21 heavy (non-hydrogen) atoms. The fourth-order valence-corrected chi connectivity index (χ4v) is 2.67. The minimum absolute atomic E-state index is 0.382. The molecule has 0 fully saturated rings. The Morgan fingerprint density at radius 1 is 1.29 bits per heavy atom. The zero-order valence-corrected chi connectivity index (χ0v) is 12.6. The van der Waals surface area contributed by atoms with Gasteiger partial charge in [0.1, 0.15) is 5.75 Å². The smallest absolute Gasteiger partial charge is 0.279 e. The maximum atomic E-state index is 5.81. The molecule has 5 nitrogen and oxygen atoms in total. The number of thiazole rings is 1. The van der Waals surface area contributed by atoms with Gasteiger partial charge in [-0.15, -0.1) is 0 Å². The maximum absolute atomic E-state index is 5.81. The highest BCUT2D eigenvalue weighted by atomic mass is 32.1. The summed E-state index contributed by atoms with van der Waals surface area (Å²) in [6.07, 6.45) is 3.50. The van der Waals surface area contributed by atoms with E-state index in [0.29, 0.717) is 11.2 Å². The lowest BCUT2D eigenvalue weighted by molar-refractivity contribution is 0.479. The van der Waals surface area contributed by atoms with Crippen molar-refractivity contribution in [2.24, 2.45) is 0 Å². The van der Waals surface area contributed by atoms with Crippen LogP contribution in [0, 0.1) is 0 Å². The third-order valence-electron chi connectivity index (χ3n) is 2.75. The topological polar surface area (TPSA) is 62.8 Å². The monoisotopic (exact) mass is 300 g/mol. The molecule has 3 aromatic rings. The predicted octanol–water partition coefficient (Wildman–Crippen LogP) is 4.15. The Labute approximate surface area is 127 Å². The van der Waals surface area contributed by atoms with Crippen LogP contribution < -0.4 is 10.1 Å². The van der Waals surface area contributed by atoms with Gasteiger partial charge in [-0.1, -0.05) is 17.4 Å². The van der Waals surface area contributed by atoms with Gasteiger partial charge in [0.25, 0.3) is 5.19 Å². The van der Waals surface area contributed by atoms with Crippen molar-refractivity contribution < 1.29 is 4.74 Å². The summed E-state index contributed by atoms with van der Waals surface area (Å²) in [5.41, 5.74) is 1.98. The molecule has 0 aliphatic heterocycles. The average molecular weight is 300 g/mol. The second-order valence-electron chi connectivity index (χ2n) is 4.89. The van der Waals surface area contributed by atoms with E-state index < -0.39 is 0 Å². The molecular weight excluding hydrogens is 284 g/mol. The van der Waals surface area contributed by atoms with Crippen LogP contribution in [0.25, 0.3) is 10.6 Å². The van der Waals surface area contributed by atoms with E-state index in [4.69, 9.17) is 4.74 Å². The standard InChI is InChI=1S/C15H16N4OS/c1-10(2)18-11-4-3-5-12(8-11)20-15-16-9-14(21-15)13-6-7-17-19-13/h3-10,18H,1-2H3,(H,17,19). The zero-order valence-electron chi connectivity index (χ0n) is 11.8. The molecule has 0 aliphatic carbocycles. The lowest BCUT2D eigenvalue weighted by atomic mass is 10.2. The van der Waals surface area contributed by atoms with Gasteiger partial charge < -0.3 is 10.1 Å². The van der Waals surface area contributed by atoms with E-state index in [9.17, 15) is 0 Å². The van der Waals surface area contributed by atoms with Crippen molar-refractivity contribution in [3.8, 4) is 21.5 Å². The molecular formula is C15H16N4OS. The molecule has 2 aromatic heterocycles. The van der Waals surface area contributed by atoms with Gasteiger partial charge >= 0.3 is 0 Å². The van der Waals surface area contributed by atoms with E-state index in [1.165, 1.54) is 11.3 Å². The van der Waals surface area contributed by atoms with Crippen LogP contribution in [0.1, 0.15) is 13.8 Å². The summed E-state index contributed by atoms with van der Waals surface area (Å²) in [5, 5.41) is 10.8. The van der Waals surface area contributed by atoms with E-state index in [0.717, 1.165) is 22.0 Å². The van der Waals surface area contributed by atoms with Gasteiger partial charge in [0, 0.05) is 24.0 Å². The summed E-state index contributed by atoms with van der Waals surface area (Å²) in [6, 6.07) is 10.2. The third-order valence-corrected chi connectivity index (χ3v) is 3.65. The number of aromatic amines is 1. The van der Waals surface area contributed by atoms with E-state index in [-0.39, 0.29) is 0 Å². The number of hydrogen-bond acceptors (Lipinski definition) is 5. The van der Waals surface area contributed by atoms with Gasteiger partial charge in [0.05, 0.1) is 16.8 Å². The van der Waals surface area contributed by atoms with E-state index in [2.05, 4.69) is 34.3 Å². The van der Waals surface area contributed by atoms with Gasteiger partial charge in [0.2, 0.25) is 0 Å². The van der Waals surface area contributed by atoms with Crippen molar-refractivity contribution in [2.75, 3.05) is 5.32 Å². The largest absolute Gasteiger partial charge is 0.431 e. The molecule has 6 heteroatoms. The number of ether oxygens (including phenoxy) is 1. The highest BCUT2D eigenvalue weighted by Crippen LogP contribution is 2.32. The highest BCUT2D eigenvalue weighted by molar-refractivity contribution is 7.16. The van der Waals surface area contributed by atoms with Crippen LogP contribution in [0.3, 0.4) is 0 Å². The first-order valence-corrected chi connectivity index (χ1v) is 7.52. The molecule has 108 valence electrons. The van der Waals surface area contributed by atoms with Crippen LogP contribution in [0.2, 0.25) is 0 Å². The first-order chi connectivity index (χ1) is 10.2. The minimum Gasteiger partial charge on any atom is -0.431 e. The van der Waals surface area contributed by atoms with Gasteiger partial charge in [-0.3, -0.25) is 5.10 Å². The summed E-state index contributed by atoms with van der Waals surface area (Å²) in [4.78, 5) is 5.29. The predicted molar refractivity (Wildman–Crippen MR) is 85.0 cm³/mol. The molecule has 0 saturated carbocycles. The van der Waals surface area contributed by atoms with Crippen LogP contribution >= 0.6 is 11.3 Å². The SMILES string of the molecule is CC(C)Nc1cccc(Oc2ncc(-c3ccn[nH]3)s2)c1. The molecule has 0 saturated heterocycles. The number of hydrogen-bond donors (Lipinski definition) is 2. The van der Waals surface area contributed by atoms with Gasteiger partial charge in [-0.2, -0.15) is 5.10 Å². The minimum atomic E-state index is 0.382. The number of benzene rings is 1. The molecule has 0 radical (unpaired) electrons. The van der Waals surface area contributed by atoms with E-state index >= 15 is 0 Å². The molecule has 0 amide bonds. The number of rotatable bonds is 5. The summed E-state index contributed by atoms with van der Waals surface area (Å²) >= 11 is 1.48. The lowest BCUT2D eigenvalue weighted by Crippen LogP contribution is -2.09. The van der Waals surface area contributed by atoms with E-state index in [1.807, 2.05) is 30.3 Å². The quantitative estimate of drug-likeness (QED) is 0.743. The summed E-state index contributed by atoms with van der Waals surface area (Å²) in [6.45, 7) is 4.20. The molecule has 0 bridgehead atoms. The van der Waals surface area contributed by atoms with Gasteiger partial charge in [-0.25, -0.2) is 4.98 Å². The maximum Gasteiger partial charge on any atom is 0.279 e. The zero-order chi connectivity index (χ0) is 14.7. The molecule has 0 atom stereocenters. The second kappa shape index (κ2) is 5.97. The lowest BCUT2D eigenvalue weighted by Gasteiger charge is -2.10. The Bertz CT molecular complexity index is 706. The van der Waals surface area contributed by atoms with Crippen LogP contribution in [0.15, 0.2) is 42.7 Å². The normalized spacial score (nSPS) is 10.8. The third kappa shape index (κ3) is 3.41. The Morgan fingerprint density at radius 3 is 2.95 bits per heavy atom.